The predicted octanol–water partition coefficient (Wildman–Crippen LogP) is 3.06. The van der Waals surface area contributed by atoms with Crippen LogP contribution in [-0.2, 0) is 18.8 Å². The van der Waals surface area contributed by atoms with Gasteiger partial charge in [0.25, 0.3) is 0 Å². The SMILES string of the molecule is CCOC(=O)C1CCC(CB2OC(C)(C)C(C)(C)O2)C1. The Bertz CT molecular complexity index is 351. The molecule has 0 aromatic carbocycles. The first-order chi connectivity index (χ1) is 9.25. The largest absolute Gasteiger partial charge is 0.466 e. The van der Waals surface area contributed by atoms with E-state index in [9.17, 15) is 4.79 Å². The number of rotatable bonds is 4. The zero-order chi connectivity index (χ0) is 15.0. The van der Waals surface area contributed by atoms with Crippen molar-refractivity contribution in [3.05, 3.63) is 0 Å². The van der Waals surface area contributed by atoms with E-state index >= 15 is 0 Å². The Morgan fingerprint density at radius 2 is 1.80 bits per heavy atom. The molecule has 20 heavy (non-hydrogen) atoms. The van der Waals surface area contributed by atoms with Crippen LogP contribution in [0.2, 0.25) is 6.32 Å². The first kappa shape index (κ1) is 15.8. The van der Waals surface area contributed by atoms with Crippen LogP contribution in [0.4, 0.5) is 0 Å². The molecule has 1 heterocycles. The van der Waals surface area contributed by atoms with Crippen LogP contribution in [0.15, 0.2) is 0 Å². The Balaban J connectivity index is 1.83. The molecule has 0 aromatic rings. The Hall–Kier alpha value is -0.545. The summed E-state index contributed by atoms with van der Waals surface area (Å²) in [4.78, 5) is 11.7. The van der Waals surface area contributed by atoms with Gasteiger partial charge >= 0.3 is 13.1 Å². The maximum absolute atomic E-state index is 11.7. The maximum atomic E-state index is 11.7. The highest BCUT2D eigenvalue weighted by molar-refractivity contribution is 6.45. The van der Waals surface area contributed by atoms with Gasteiger partial charge in [-0.2, -0.15) is 0 Å². The van der Waals surface area contributed by atoms with Crippen molar-refractivity contribution in [1.29, 1.82) is 0 Å². The van der Waals surface area contributed by atoms with Crippen molar-refractivity contribution >= 4 is 13.1 Å². The van der Waals surface area contributed by atoms with Gasteiger partial charge in [0.05, 0.1) is 23.7 Å². The normalized spacial score (nSPS) is 31.6. The molecule has 0 radical (unpaired) electrons. The zero-order valence-corrected chi connectivity index (χ0v) is 13.4. The van der Waals surface area contributed by atoms with Crippen molar-refractivity contribution in [2.24, 2.45) is 11.8 Å². The monoisotopic (exact) mass is 282 g/mol. The fourth-order valence-electron chi connectivity index (χ4n) is 3.10. The molecule has 2 aliphatic rings. The number of esters is 1. The predicted molar refractivity (Wildman–Crippen MR) is 78.4 cm³/mol. The maximum Gasteiger partial charge on any atom is 0.458 e. The summed E-state index contributed by atoms with van der Waals surface area (Å²) in [6.45, 7) is 10.6. The van der Waals surface area contributed by atoms with Gasteiger partial charge in [0.15, 0.2) is 0 Å². The average Bonchev–Trinajstić information content (AvgIpc) is 2.83. The Morgan fingerprint density at radius 1 is 1.20 bits per heavy atom. The molecule has 1 saturated carbocycles. The molecule has 0 aromatic heterocycles. The van der Waals surface area contributed by atoms with Crippen molar-refractivity contribution < 1.29 is 18.8 Å². The van der Waals surface area contributed by atoms with Crippen molar-refractivity contribution in [2.45, 2.75) is 71.4 Å². The molecule has 2 atom stereocenters. The van der Waals surface area contributed by atoms with Crippen molar-refractivity contribution in [3.63, 3.8) is 0 Å². The molecule has 0 N–H and O–H groups in total. The molecule has 5 heteroatoms. The van der Waals surface area contributed by atoms with E-state index in [4.69, 9.17) is 14.0 Å². The lowest BCUT2D eigenvalue weighted by Gasteiger charge is -2.32. The average molecular weight is 282 g/mol. The molecule has 4 nitrogen and oxygen atoms in total. The van der Waals surface area contributed by atoms with Crippen molar-refractivity contribution in [1.82, 2.24) is 0 Å². The third kappa shape index (κ3) is 3.20. The van der Waals surface area contributed by atoms with E-state index in [0.29, 0.717) is 12.5 Å². The van der Waals surface area contributed by atoms with Gasteiger partial charge in [0, 0.05) is 0 Å². The minimum atomic E-state index is -0.267. The highest BCUT2D eigenvalue weighted by Gasteiger charge is 2.51. The van der Waals surface area contributed by atoms with E-state index in [1.807, 2.05) is 6.92 Å². The van der Waals surface area contributed by atoms with Crippen molar-refractivity contribution in [3.8, 4) is 0 Å². The fraction of sp³-hybridized carbons (Fsp3) is 0.933. The molecule has 0 spiro atoms. The first-order valence-corrected chi connectivity index (χ1v) is 7.77. The quantitative estimate of drug-likeness (QED) is 0.587. The molecule has 2 fully saturated rings. The summed E-state index contributed by atoms with van der Waals surface area (Å²) in [5.41, 5.74) is -0.534. The number of carbonyl (C=O) groups excluding carboxylic acids is 1. The number of hydrogen-bond acceptors (Lipinski definition) is 4. The van der Waals surface area contributed by atoms with E-state index in [1.54, 1.807) is 0 Å². The number of ether oxygens (including phenoxy) is 1. The molecule has 2 rings (SSSR count). The number of hydrogen-bond donors (Lipinski definition) is 0. The highest BCUT2D eigenvalue weighted by Crippen LogP contribution is 2.41. The van der Waals surface area contributed by atoms with Crippen LogP contribution < -0.4 is 0 Å². The third-order valence-corrected chi connectivity index (χ3v) is 4.99. The number of carbonyl (C=O) groups is 1. The molecule has 0 bridgehead atoms. The summed E-state index contributed by atoms with van der Waals surface area (Å²) < 4.78 is 17.2. The van der Waals surface area contributed by atoms with E-state index in [1.165, 1.54) is 0 Å². The minimum absolute atomic E-state index is 0.0380. The van der Waals surface area contributed by atoms with Crippen LogP contribution in [0.1, 0.15) is 53.9 Å². The summed E-state index contributed by atoms with van der Waals surface area (Å²) in [6, 6.07) is 0. The highest BCUT2D eigenvalue weighted by atomic mass is 16.7. The van der Waals surface area contributed by atoms with Gasteiger partial charge in [-0.05, 0) is 59.7 Å². The second-order valence-electron chi connectivity index (χ2n) is 7.05. The smallest absolute Gasteiger partial charge is 0.458 e. The second-order valence-corrected chi connectivity index (χ2v) is 7.05. The van der Waals surface area contributed by atoms with Crippen LogP contribution in [0.3, 0.4) is 0 Å². The van der Waals surface area contributed by atoms with Crippen LogP contribution in [-0.4, -0.2) is 30.9 Å². The molecule has 1 aliphatic heterocycles. The van der Waals surface area contributed by atoms with Crippen LogP contribution in [0.25, 0.3) is 0 Å². The van der Waals surface area contributed by atoms with Gasteiger partial charge in [0.1, 0.15) is 0 Å². The van der Waals surface area contributed by atoms with E-state index in [-0.39, 0.29) is 30.2 Å². The van der Waals surface area contributed by atoms with Gasteiger partial charge in [-0.15, -0.1) is 0 Å². The molecule has 1 aliphatic carbocycles. The van der Waals surface area contributed by atoms with Crippen LogP contribution in [0, 0.1) is 11.8 Å². The van der Waals surface area contributed by atoms with Crippen LogP contribution >= 0.6 is 0 Å². The van der Waals surface area contributed by atoms with E-state index in [2.05, 4.69) is 27.7 Å². The second kappa shape index (κ2) is 5.68. The van der Waals surface area contributed by atoms with Crippen molar-refractivity contribution in [2.75, 3.05) is 6.61 Å². The van der Waals surface area contributed by atoms with Gasteiger partial charge in [-0.1, -0.05) is 6.42 Å². The lowest BCUT2D eigenvalue weighted by molar-refractivity contribution is -0.147. The van der Waals surface area contributed by atoms with Gasteiger partial charge in [-0.25, -0.2) is 0 Å². The lowest BCUT2D eigenvalue weighted by atomic mass is 9.76. The molecule has 1 saturated heterocycles. The Kier molecular flexibility index (Phi) is 4.50. The Labute approximate surface area is 122 Å². The fourth-order valence-corrected chi connectivity index (χ4v) is 3.10. The van der Waals surface area contributed by atoms with Gasteiger partial charge in [-0.3, -0.25) is 4.79 Å². The van der Waals surface area contributed by atoms with E-state index in [0.717, 1.165) is 25.6 Å². The molecule has 114 valence electrons. The standard InChI is InChI=1S/C15H27BO4/c1-6-18-13(17)12-8-7-11(9-12)10-16-19-14(2,3)15(4,5)20-16/h11-12H,6-10H2,1-5H3. The molecular formula is C15H27BO4. The van der Waals surface area contributed by atoms with E-state index < -0.39 is 0 Å². The molecule has 0 amide bonds. The first-order valence-electron chi connectivity index (χ1n) is 7.77. The van der Waals surface area contributed by atoms with Crippen LogP contribution in [0.5, 0.6) is 0 Å². The molecule has 2 unspecified atom stereocenters. The summed E-state index contributed by atoms with van der Waals surface area (Å²) >= 11 is 0. The summed E-state index contributed by atoms with van der Waals surface area (Å²) in [5.74, 6) is 0.533. The third-order valence-electron chi connectivity index (χ3n) is 4.99. The van der Waals surface area contributed by atoms with Gasteiger partial charge < -0.3 is 14.0 Å². The summed E-state index contributed by atoms with van der Waals surface area (Å²) in [5, 5.41) is 0. The Morgan fingerprint density at radius 3 is 2.35 bits per heavy atom. The van der Waals surface area contributed by atoms with Gasteiger partial charge in [0.2, 0.25) is 0 Å². The minimum Gasteiger partial charge on any atom is -0.466 e. The topological polar surface area (TPSA) is 44.8 Å². The lowest BCUT2D eigenvalue weighted by Crippen LogP contribution is -2.41. The molecular weight excluding hydrogens is 255 g/mol. The summed E-state index contributed by atoms with van der Waals surface area (Å²) in [6.07, 6.45) is 3.78. The zero-order valence-electron chi connectivity index (χ0n) is 13.4. The summed E-state index contributed by atoms with van der Waals surface area (Å²) in [7, 11) is -0.147.